The largest absolute Gasteiger partial charge is 0.425 e. The Morgan fingerprint density at radius 3 is 2.21 bits per heavy atom. The first kappa shape index (κ1) is 16.0. The van der Waals surface area contributed by atoms with E-state index in [2.05, 4.69) is 39.2 Å². The van der Waals surface area contributed by atoms with Crippen LogP contribution in [-0.4, -0.2) is 35.9 Å². The van der Waals surface area contributed by atoms with Gasteiger partial charge in [0.2, 0.25) is 0 Å². The Morgan fingerprint density at radius 2 is 1.67 bits per heavy atom. The maximum absolute atomic E-state index is 6.09. The zero-order valence-corrected chi connectivity index (χ0v) is 13.3. The molecule has 0 atom stereocenters. The summed E-state index contributed by atoms with van der Waals surface area (Å²) < 4.78 is 6.09. The van der Waals surface area contributed by atoms with Crippen molar-refractivity contribution in [1.29, 1.82) is 0 Å². The number of nitrogens with zero attached hydrogens (tertiary/aromatic N) is 2. The molecule has 0 aliphatic heterocycles. The van der Waals surface area contributed by atoms with Gasteiger partial charge in [-0.2, -0.15) is 0 Å². The third-order valence-corrected chi connectivity index (χ3v) is 3.64. The molecular formula is C18H19BN4O. The summed E-state index contributed by atoms with van der Waals surface area (Å²) in [6.45, 7) is 0.848. The fourth-order valence-corrected chi connectivity index (χ4v) is 2.46. The lowest BCUT2D eigenvalue weighted by molar-refractivity contribution is 0.345. The number of aliphatic imine (C=N–C) groups is 1. The van der Waals surface area contributed by atoms with Gasteiger partial charge in [-0.3, -0.25) is 4.99 Å². The second-order valence-electron chi connectivity index (χ2n) is 5.30. The van der Waals surface area contributed by atoms with Crippen LogP contribution >= 0.6 is 0 Å². The summed E-state index contributed by atoms with van der Waals surface area (Å²) in [5.74, 6) is 0.437. The lowest BCUT2D eigenvalue weighted by Crippen LogP contribution is -2.45. The Labute approximate surface area is 141 Å². The lowest BCUT2D eigenvalue weighted by Gasteiger charge is -2.14. The molecule has 0 amide bonds. The van der Waals surface area contributed by atoms with Gasteiger partial charge >= 0.3 is 6.92 Å². The van der Waals surface area contributed by atoms with Gasteiger partial charge in [-0.1, -0.05) is 60.7 Å². The van der Waals surface area contributed by atoms with Gasteiger partial charge in [0.15, 0.2) is 0 Å². The van der Waals surface area contributed by atoms with Crippen molar-refractivity contribution in [1.82, 2.24) is 9.97 Å². The highest BCUT2D eigenvalue weighted by molar-refractivity contribution is 6.80. The predicted octanol–water partition coefficient (Wildman–Crippen LogP) is 0.937. The smallest absolute Gasteiger partial charge is 0.361 e. The van der Waals surface area contributed by atoms with E-state index in [0.29, 0.717) is 19.0 Å². The normalized spacial score (nSPS) is 11.4. The minimum atomic E-state index is -0.115. The minimum absolute atomic E-state index is 0.115. The topological polar surface area (TPSA) is 76.3 Å². The molecule has 6 heteroatoms. The van der Waals surface area contributed by atoms with Gasteiger partial charge in [-0.25, -0.2) is 4.98 Å². The minimum Gasteiger partial charge on any atom is -0.425 e. The van der Waals surface area contributed by atoms with Crippen LogP contribution in [0.2, 0.25) is 0 Å². The Morgan fingerprint density at radius 1 is 1.04 bits per heavy atom. The van der Waals surface area contributed by atoms with Crippen molar-refractivity contribution in [3.05, 3.63) is 78.9 Å². The van der Waals surface area contributed by atoms with Gasteiger partial charge in [0, 0.05) is 6.61 Å². The van der Waals surface area contributed by atoms with Gasteiger partial charge in [0.1, 0.15) is 11.5 Å². The summed E-state index contributed by atoms with van der Waals surface area (Å²) in [6, 6.07) is 20.3. The predicted molar refractivity (Wildman–Crippen MR) is 98.0 cm³/mol. The summed E-state index contributed by atoms with van der Waals surface area (Å²) in [5.41, 5.74) is 8.86. The quantitative estimate of drug-likeness (QED) is 0.295. The van der Waals surface area contributed by atoms with Crippen LogP contribution in [0.25, 0.3) is 0 Å². The molecule has 0 spiro atoms. The van der Waals surface area contributed by atoms with Crippen LogP contribution in [0.5, 0.6) is 0 Å². The number of nitrogens with two attached hydrogens (primary N) is 1. The molecule has 3 aromatic rings. The third kappa shape index (κ3) is 4.11. The Bertz CT molecular complexity index is 721. The highest BCUT2D eigenvalue weighted by atomic mass is 16.4. The van der Waals surface area contributed by atoms with Gasteiger partial charge in [-0.15, -0.1) is 0 Å². The monoisotopic (exact) mass is 318 g/mol. The van der Waals surface area contributed by atoms with E-state index in [0.717, 1.165) is 16.6 Å². The molecule has 0 unspecified atom stereocenters. The number of amidine groups is 1. The maximum atomic E-state index is 6.09. The van der Waals surface area contributed by atoms with E-state index in [9.17, 15) is 0 Å². The summed E-state index contributed by atoms with van der Waals surface area (Å²) in [6.07, 6.45) is 3.23. The number of imidazole rings is 1. The van der Waals surface area contributed by atoms with E-state index in [1.807, 2.05) is 36.4 Å². The van der Waals surface area contributed by atoms with Crippen molar-refractivity contribution in [3.63, 3.8) is 0 Å². The second kappa shape index (κ2) is 8.13. The van der Waals surface area contributed by atoms with Crippen LogP contribution in [0.4, 0.5) is 0 Å². The molecule has 120 valence electrons. The molecule has 3 rings (SSSR count). The van der Waals surface area contributed by atoms with E-state index in [-0.39, 0.29) is 6.92 Å². The van der Waals surface area contributed by atoms with Crippen LogP contribution in [0, 0.1) is 0 Å². The van der Waals surface area contributed by atoms with E-state index in [1.165, 1.54) is 0 Å². The zero-order valence-electron chi connectivity index (χ0n) is 13.3. The molecule has 0 bridgehead atoms. The summed E-state index contributed by atoms with van der Waals surface area (Å²) in [4.78, 5) is 11.2. The van der Waals surface area contributed by atoms with Gasteiger partial charge in [-0.05, 0) is 10.9 Å². The molecule has 0 fully saturated rings. The summed E-state index contributed by atoms with van der Waals surface area (Å²) in [5, 5.41) is 0. The molecular weight excluding hydrogens is 299 g/mol. The van der Waals surface area contributed by atoms with Crippen LogP contribution < -0.4 is 16.7 Å². The zero-order chi connectivity index (χ0) is 16.6. The first-order chi connectivity index (χ1) is 11.8. The molecule has 0 aliphatic rings. The highest BCUT2D eigenvalue weighted by Gasteiger charge is 2.20. The standard InChI is InChI=1S/C18H19BN4O/c20-18(17-13-21-14-23-17)22-11-12-24-19(15-7-3-1-4-8-15)16-9-5-2-6-10-16/h1-10,13-14H,11-12H2,(H2,20,22)(H,21,23). The third-order valence-electron chi connectivity index (χ3n) is 3.64. The number of hydrogen-bond donors (Lipinski definition) is 2. The van der Waals surface area contributed by atoms with Crippen molar-refractivity contribution < 1.29 is 4.65 Å². The molecule has 3 N–H and O–H groups in total. The molecule has 5 nitrogen and oxygen atoms in total. The molecule has 0 saturated carbocycles. The summed E-state index contributed by atoms with van der Waals surface area (Å²) in [7, 11) is 0. The van der Waals surface area contributed by atoms with Crippen LogP contribution in [0.1, 0.15) is 5.69 Å². The average Bonchev–Trinajstić information content (AvgIpc) is 3.18. The van der Waals surface area contributed by atoms with E-state index >= 15 is 0 Å². The molecule has 24 heavy (non-hydrogen) atoms. The fourth-order valence-electron chi connectivity index (χ4n) is 2.46. The second-order valence-corrected chi connectivity index (χ2v) is 5.30. The number of rotatable bonds is 7. The highest BCUT2D eigenvalue weighted by Crippen LogP contribution is 1.96. The molecule has 1 heterocycles. The van der Waals surface area contributed by atoms with E-state index in [1.54, 1.807) is 12.5 Å². The van der Waals surface area contributed by atoms with Crippen LogP contribution in [0.15, 0.2) is 78.2 Å². The van der Waals surface area contributed by atoms with E-state index < -0.39 is 0 Å². The molecule has 0 radical (unpaired) electrons. The average molecular weight is 318 g/mol. The molecule has 1 aromatic heterocycles. The number of nitrogens with one attached hydrogen (secondary N) is 1. The Balaban J connectivity index is 1.66. The summed E-state index contributed by atoms with van der Waals surface area (Å²) >= 11 is 0. The SMILES string of the molecule is NC(=NCCOB(c1ccccc1)c1ccccc1)c1cnc[nH]1. The lowest BCUT2D eigenvalue weighted by atomic mass is 9.55. The molecule has 0 saturated heterocycles. The number of H-pyrrole nitrogens is 1. The van der Waals surface area contributed by atoms with Gasteiger partial charge in [0.05, 0.1) is 19.1 Å². The first-order valence-electron chi connectivity index (χ1n) is 7.85. The Hall–Kier alpha value is -2.86. The van der Waals surface area contributed by atoms with Crippen molar-refractivity contribution in [2.45, 2.75) is 0 Å². The van der Waals surface area contributed by atoms with Crippen LogP contribution in [0.3, 0.4) is 0 Å². The Kier molecular flexibility index (Phi) is 5.42. The first-order valence-corrected chi connectivity index (χ1v) is 7.85. The van der Waals surface area contributed by atoms with E-state index in [4.69, 9.17) is 10.4 Å². The van der Waals surface area contributed by atoms with Crippen molar-refractivity contribution >= 4 is 23.7 Å². The van der Waals surface area contributed by atoms with Gasteiger partial charge < -0.3 is 15.4 Å². The number of hydrogen-bond acceptors (Lipinski definition) is 3. The maximum Gasteiger partial charge on any atom is 0.361 e. The van der Waals surface area contributed by atoms with Gasteiger partial charge in [0.25, 0.3) is 0 Å². The number of aromatic nitrogens is 2. The number of benzene rings is 2. The van der Waals surface area contributed by atoms with Crippen molar-refractivity contribution in [2.75, 3.05) is 13.2 Å². The molecule has 2 aromatic carbocycles. The van der Waals surface area contributed by atoms with Crippen LogP contribution in [-0.2, 0) is 4.65 Å². The number of aromatic amines is 1. The fraction of sp³-hybridized carbons (Fsp3) is 0.111. The van der Waals surface area contributed by atoms with Crippen molar-refractivity contribution in [2.24, 2.45) is 10.7 Å². The van der Waals surface area contributed by atoms with Crippen molar-refractivity contribution in [3.8, 4) is 0 Å². The molecule has 0 aliphatic carbocycles.